The van der Waals surface area contributed by atoms with Crippen LogP contribution in [0.1, 0.15) is 6.92 Å². The summed E-state index contributed by atoms with van der Waals surface area (Å²) in [6, 6.07) is 10.4. The summed E-state index contributed by atoms with van der Waals surface area (Å²) >= 11 is 0. The number of phenolic OH excluding ortho intramolecular Hbond substituents is 1. The van der Waals surface area contributed by atoms with Crippen LogP contribution >= 0.6 is 0 Å². The molecule has 0 aliphatic carbocycles. The molecule has 3 aromatic rings. The molecule has 1 aromatic carbocycles. The Labute approximate surface area is 121 Å². The normalized spacial score (nSPS) is 10.7. The van der Waals surface area contributed by atoms with E-state index in [1.807, 2.05) is 25.1 Å². The number of anilines is 2. The monoisotopic (exact) mass is 282 g/mol. The first-order chi connectivity index (χ1) is 10.3. The van der Waals surface area contributed by atoms with E-state index in [0.717, 1.165) is 5.52 Å². The van der Waals surface area contributed by atoms with E-state index in [2.05, 4.69) is 15.0 Å². The van der Waals surface area contributed by atoms with Crippen LogP contribution < -0.4 is 5.06 Å². The maximum absolute atomic E-state index is 9.62. The lowest BCUT2D eigenvalue weighted by atomic mass is 10.3. The van der Waals surface area contributed by atoms with Gasteiger partial charge < -0.3 is 5.11 Å². The lowest BCUT2D eigenvalue weighted by Crippen LogP contribution is -2.20. The zero-order chi connectivity index (χ0) is 14.7. The molecule has 0 fully saturated rings. The SMILES string of the molecule is CCON(c1cccc(O)c1)c1ncc2ncccc2n1. The Morgan fingerprint density at radius 3 is 2.86 bits per heavy atom. The third kappa shape index (κ3) is 2.75. The number of hydrogen-bond donors (Lipinski definition) is 1. The van der Waals surface area contributed by atoms with Crippen molar-refractivity contribution in [2.45, 2.75) is 6.92 Å². The van der Waals surface area contributed by atoms with Crippen molar-refractivity contribution in [2.75, 3.05) is 11.7 Å². The van der Waals surface area contributed by atoms with Crippen molar-refractivity contribution < 1.29 is 9.94 Å². The number of phenols is 1. The molecule has 0 radical (unpaired) electrons. The Balaban J connectivity index is 2.06. The standard InChI is InChI=1S/C15H14N4O2/c1-2-21-19(11-5-3-6-12(20)9-11)15-17-10-14-13(18-15)7-4-8-16-14/h3-10,20H,2H2,1H3. The molecule has 21 heavy (non-hydrogen) atoms. The average molecular weight is 282 g/mol. The third-order valence-corrected chi connectivity index (χ3v) is 2.84. The molecule has 106 valence electrons. The zero-order valence-electron chi connectivity index (χ0n) is 11.5. The first kappa shape index (κ1) is 13.3. The molecule has 3 rings (SSSR count). The summed E-state index contributed by atoms with van der Waals surface area (Å²) in [4.78, 5) is 18.5. The molecule has 2 aromatic heterocycles. The molecule has 0 aliphatic rings. The van der Waals surface area contributed by atoms with Crippen molar-refractivity contribution >= 4 is 22.7 Å². The minimum absolute atomic E-state index is 0.152. The van der Waals surface area contributed by atoms with Crippen LogP contribution in [0.15, 0.2) is 48.8 Å². The van der Waals surface area contributed by atoms with Gasteiger partial charge >= 0.3 is 0 Å². The summed E-state index contributed by atoms with van der Waals surface area (Å²) in [5.41, 5.74) is 2.10. The smallest absolute Gasteiger partial charge is 0.255 e. The van der Waals surface area contributed by atoms with Crippen LogP contribution in [0.25, 0.3) is 11.0 Å². The van der Waals surface area contributed by atoms with Gasteiger partial charge in [-0.15, -0.1) is 0 Å². The minimum Gasteiger partial charge on any atom is -0.508 e. The molecule has 0 saturated carbocycles. The molecule has 0 amide bonds. The first-order valence-corrected chi connectivity index (χ1v) is 6.58. The number of aromatic hydroxyl groups is 1. The number of fused-ring (bicyclic) bond motifs is 1. The molecule has 0 unspecified atom stereocenters. The Morgan fingerprint density at radius 2 is 2.05 bits per heavy atom. The summed E-state index contributed by atoms with van der Waals surface area (Å²) in [7, 11) is 0. The van der Waals surface area contributed by atoms with Crippen molar-refractivity contribution in [3.8, 4) is 5.75 Å². The number of pyridine rings is 1. The van der Waals surface area contributed by atoms with Gasteiger partial charge in [-0.05, 0) is 31.2 Å². The van der Waals surface area contributed by atoms with Gasteiger partial charge in [0.2, 0.25) is 0 Å². The lowest BCUT2D eigenvalue weighted by Gasteiger charge is -2.21. The maximum Gasteiger partial charge on any atom is 0.255 e. The topological polar surface area (TPSA) is 71.4 Å². The minimum atomic E-state index is 0.152. The quantitative estimate of drug-likeness (QED) is 0.742. The summed E-state index contributed by atoms with van der Waals surface area (Å²) in [6.07, 6.45) is 3.34. The predicted octanol–water partition coefficient (Wildman–Crippen LogP) is 2.82. The highest BCUT2D eigenvalue weighted by Crippen LogP contribution is 2.26. The van der Waals surface area contributed by atoms with E-state index in [9.17, 15) is 5.11 Å². The molecule has 0 spiro atoms. The Morgan fingerprint density at radius 1 is 1.14 bits per heavy atom. The lowest BCUT2D eigenvalue weighted by molar-refractivity contribution is 0.145. The summed E-state index contributed by atoms with van der Waals surface area (Å²) in [6.45, 7) is 2.32. The van der Waals surface area contributed by atoms with Crippen LogP contribution in [0.2, 0.25) is 0 Å². The highest BCUT2D eigenvalue weighted by molar-refractivity contribution is 5.74. The number of rotatable bonds is 4. The second kappa shape index (κ2) is 5.72. The van der Waals surface area contributed by atoms with Gasteiger partial charge in [0.25, 0.3) is 5.95 Å². The zero-order valence-corrected chi connectivity index (χ0v) is 11.5. The van der Waals surface area contributed by atoms with Gasteiger partial charge in [0.05, 0.1) is 24.0 Å². The molecule has 2 heterocycles. The van der Waals surface area contributed by atoms with Gasteiger partial charge in [-0.25, -0.2) is 9.97 Å². The van der Waals surface area contributed by atoms with Gasteiger partial charge in [0, 0.05) is 12.3 Å². The van der Waals surface area contributed by atoms with Crippen molar-refractivity contribution in [3.05, 3.63) is 48.8 Å². The molecule has 6 heteroatoms. The maximum atomic E-state index is 9.62. The highest BCUT2D eigenvalue weighted by atomic mass is 16.7. The van der Waals surface area contributed by atoms with E-state index < -0.39 is 0 Å². The second-order valence-corrected chi connectivity index (χ2v) is 4.31. The Kier molecular flexibility index (Phi) is 3.61. The molecule has 6 nitrogen and oxygen atoms in total. The van der Waals surface area contributed by atoms with Crippen molar-refractivity contribution in [1.29, 1.82) is 0 Å². The number of nitrogens with zero attached hydrogens (tertiary/aromatic N) is 4. The second-order valence-electron chi connectivity index (χ2n) is 4.31. The summed E-state index contributed by atoms with van der Waals surface area (Å²) in [5, 5.41) is 11.1. The van der Waals surface area contributed by atoms with Crippen LogP contribution in [0.5, 0.6) is 5.75 Å². The van der Waals surface area contributed by atoms with E-state index in [-0.39, 0.29) is 5.75 Å². The molecular formula is C15H14N4O2. The van der Waals surface area contributed by atoms with Crippen molar-refractivity contribution in [1.82, 2.24) is 15.0 Å². The average Bonchev–Trinajstić information content (AvgIpc) is 2.52. The van der Waals surface area contributed by atoms with Gasteiger partial charge in [-0.1, -0.05) is 6.07 Å². The van der Waals surface area contributed by atoms with Crippen LogP contribution in [0, 0.1) is 0 Å². The molecule has 0 bridgehead atoms. The van der Waals surface area contributed by atoms with Gasteiger partial charge in [-0.2, -0.15) is 5.06 Å². The number of aromatic nitrogens is 3. The van der Waals surface area contributed by atoms with Gasteiger partial charge in [-0.3, -0.25) is 9.82 Å². The van der Waals surface area contributed by atoms with Crippen LogP contribution in [-0.4, -0.2) is 26.7 Å². The largest absolute Gasteiger partial charge is 0.508 e. The molecular weight excluding hydrogens is 268 g/mol. The van der Waals surface area contributed by atoms with Crippen LogP contribution in [0.3, 0.4) is 0 Å². The first-order valence-electron chi connectivity index (χ1n) is 6.58. The van der Waals surface area contributed by atoms with Gasteiger partial charge in [0.15, 0.2) is 0 Å². The fourth-order valence-corrected chi connectivity index (χ4v) is 1.95. The summed E-state index contributed by atoms with van der Waals surface area (Å²) < 4.78 is 0. The number of benzene rings is 1. The van der Waals surface area contributed by atoms with Crippen molar-refractivity contribution in [3.63, 3.8) is 0 Å². The Hall–Kier alpha value is -2.73. The molecule has 0 aliphatic heterocycles. The van der Waals surface area contributed by atoms with Gasteiger partial charge in [0.1, 0.15) is 11.3 Å². The fraction of sp³-hybridized carbons (Fsp3) is 0.133. The van der Waals surface area contributed by atoms with Crippen LogP contribution in [0.4, 0.5) is 11.6 Å². The molecule has 0 atom stereocenters. The van der Waals surface area contributed by atoms with Crippen molar-refractivity contribution in [2.24, 2.45) is 0 Å². The highest BCUT2D eigenvalue weighted by Gasteiger charge is 2.14. The fourth-order valence-electron chi connectivity index (χ4n) is 1.95. The van der Waals surface area contributed by atoms with E-state index in [1.54, 1.807) is 30.6 Å². The van der Waals surface area contributed by atoms with E-state index >= 15 is 0 Å². The van der Waals surface area contributed by atoms with Crippen LogP contribution in [-0.2, 0) is 4.84 Å². The van der Waals surface area contributed by atoms with E-state index in [1.165, 1.54) is 5.06 Å². The molecule has 0 saturated heterocycles. The molecule has 1 N–H and O–H groups in total. The summed E-state index contributed by atoms with van der Waals surface area (Å²) in [5.74, 6) is 0.544. The third-order valence-electron chi connectivity index (χ3n) is 2.84. The van der Waals surface area contributed by atoms with E-state index in [4.69, 9.17) is 4.84 Å². The predicted molar refractivity (Wildman–Crippen MR) is 79.2 cm³/mol. The Bertz CT molecular complexity index is 763. The number of hydrogen-bond acceptors (Lipinski definition) is 6. The van der Waals surface area contributed by atoms with E-state index in [0.29, 0.717) is 23.8 Å².